The van der Waals surface area contributed by atoms with E-state index >= 15 is 0 Å². The largest absolute Gasteiger partial charge is 0.496 e. The fourth-order valence-corrected chi connectivity index (χ4v) is 2.31. The summed E-state index contributed by atoms with van der Waals surface area (Å²) in [6.45, 7) is 0.856. The van der Waals surface area contributed by atoms with Crippen LogP contribution in [0.5, 0.6) is 5.75 Å². The van der Waals surface area contributed by atoms with E-state index in [4.69, 9.17) is 9.84 Å². The molecule has 4 nitrogen and oxygen atoms in total. The molecule has 0 amide bonds. The van der Waals surface area contributed by atoms with Gasteiger partial charge in [0, 0.05) is 12.6 Å². The Balaban J connectivity index is 1.86. The molecule has 1 fully saturated rings. The number of aliphatic carboxylic acids is 1. The van der Waals surface area contributed by atoms with Gasteiger partial charge in [-0.2, -0.15) is 0 Å². The molecule has 2 unspecified atom stereocenters. The van der Waals surface area contributed by atoms with Crippen LogP contribution in [0.4, 0.5) is 0 Å². The normalized spacial score (nSPS) is 21.9. The molecule has 0 bridgehead atoms. The monoisotopic (exact) mass is 249 g/mol. The first-order valence-electron chi connectivity index (χ1n) is 6.18. The van der Waals surface area contributed by atoms with Gasteiger partial charge in [-0.05, 0) is 31.5 Å². The van der Waals surface area contributed by atoms with Crippen molar-refractivity contribution in [1.82, 2.24) is 4.90 Å². The summed E-state index contributed by atoms with van der Waals surface area (Å²) in [4.78, 5) is 12.9. The van der Waals surface area contributed by atoms with Crippen LogP contribution >= 0.6 is 0 Å². The zero-order valence-corrected chi connectivity index (χ0v) is 10.8. The van der Waals surface area contributed by atoms with Gasteiger partial charge >= 0.3 is 5.97 Å². The predicted octanol–water partition coefficient (Wildman–Crippen LogP) is 1.64. The second-order valence-corrected chi connectivity index (χ2v) is 4.79. The number of benzene rings is 1. The smallest absolute Gasteiger partial charge is 0.308 e. The number of hydrogen-bond donors (Lipinski definition) is 1. The molecule has 0 aromatic heterocycles. The van der Waals surface area contributed by atoms with Crippen molar-refractivity contribution < 1.29 is 14.6 Å². The van der Waals surface area contributed by atoms with Crippen molar-refractivity contribution >= 4 is 5.97 Å². The molecule has 1 saturated carbocycles. The fraction of sp³-hybridized carbons (Fsp3) is 0.500. The Morgan fingerprint density at radius 2 is 2.22 bits per heavy atom. The lowest BCUT2D eigenvalue weighted by Crippen LogP contribution is -2.26. The number of ether oxygens (including phenoxy) is 1. The Hall–Kier alpha value is -1.55. The van der Waals surface area contributed by atoms with E-state index in [9.17, 15) is 4.79 Å². The topological polar surface area (TPSA) is 49.8 Å². The number of carboxylic acids is 1. The first-order valence-corrected chi connectivity index (χ1v) is 6.18. The minimum atomic E-state index is -0.677. The molecule has 4 heteroatoms. The van der Waals surface area contributed by atoms with Gasteiger partial charge in [0.15, 0.2) is 0 Å². The van der Waals surface area contributed by atoms with Gasteiger partial charge in [0.1, 0.15) is 5.75 Å². The number of nitrogens with zero attached hydrogens (tertiary/aromatic N) is 1. The van der Waals surface area contributed by atoms with Gasteiger partial charge in [0.2, 0.25) is 0 Å². The van der Waals surface area contributed by atoms with E-state index in [0.29, 0.717) is 0 Å². The van der Waals surface area contributed by atoms with Crippen molar-refractivity contribution in [3.8, 4) is 5.75 Å². The molecule has 1 aliphatic carbocycles. The molecule has 0 aliphatic heterocycles. The van der Waals surface area contributed by atoms with E-state index in [1.807, 2.05) is 31.3 Å². The summed E-state index contributed by atoms with van der Waals surface area (Å²) in [6, 6.07) is 8.15. The molecule has 0 radical (unpaired) electrons. The van der Waals surface area contributed by atoms with Crippen LogP contribution in [0, 0.1) is 5.92 Å². The van der Waals surface area contributed by atoms with E-state index in [1.165, 1.54) is 5.56 Å². The third-order valence-electron chi connectivity index (χ3n) is 3.57. The van der Waals surface area contributed by atoms with Gasteiger partial charge in [-0.1, -0.05) is 18.2 Å². The number of carbonyl (C=O) groups is 1. The molecule has 0 spiro atoms. The fourth-order valence-electron chi connectivity index (χ4n) is 2.31. The maximum Gasteiger partial charge on any atom is 0.308 e. The maximum atomic E-state index is 10.8. The molecular weight excluding hydrogens is 230 g/mol. The average molecular weight is 249 g/mol. The maximum absolute atomic E-state index is 10.8. The molecule has 2 atom stereocenters. The van der Waals surface area contributed by atoms with Crippen molar-refractivity contribution in [2.45, 2.75) is 18.9 Å². The van der Waals surface area contributed by atoms with Gasteiger partial charge in [-0.25, -0.2) is 0 Å². The highest BCUT2D eigenvalue weighted by molar-refractivity contribution is 5.74. The lowest BCUT2D eigenvalue weighted by Gasteiger charge is -2.17. The lowest BCUT2D eigenvalue weighted by atomic mass is 10.1. The number of hydrogen-bond acceptors (Lipinski definition) is 3. The van der Waals surface area contributed by atoms with Crippen molar-refractivity contribution in [1.29, 1.82) is 0 Å². The summed E-state index contributed by atoms with van der Waals surface area (Å²) in [5.74, 6) is 0.0493. The van der Waals surface area contributed by atoms with E-state index in [-0.39, 0.29) is 12.0 Å². The number of likely N-dealkylation sites (N-methyl/N-ethyl adjacent to an activating group) is 1. The van der Waals surface area contributed by atoms with Gasteiger partial charge in [0.05, 0.1) is 13.0 Å². The molecule has 1 N–H and O–H groups in total. The van der Waals surface area contributed by atoms with E-state index in [2.05, 4.69) is 4.90 Å². The zero-order chi connectivity index (χ0) is 13.1. The highest BCUT2D eigenvalue weighted by Crippen LogP contribution is 2.35. The summed E-state index contributed by atoms with van der Waals surface area (Å²) >= 11 is 0. The van der Waals surface area contributed by atoms with Crippen LogP contribution in [0.25, 0.3) is 0 Å². The Morgan fingerprint density at radius 1 is 1.50 bits per heavy atom. The first-order chi connectivity index (χ1) is 8.63. The Kier molecular flexibility index (Phi) is 3.87. The number of para-hydroxylation sites is 1. The van der Waals surface area contributed by atoms with Crippen LogP contribution in [-0.4, -0.2) is 42.7 Å². The third-order valence-corrected chi connectivity index (χ3v) is 3.57. The Morgan fingerprint density at radius 3 is 2.83 bits per heavy atom. The van der Waals surface area contributed by atoms with Crippen LogP contribution in [0.2, 0.25) is 0 Å². The van der Waals surface area contributed by atoms with Crippen LogP contribution in [0.1, 0.15) is 12.0 Å². The van der Waals surface area contributed by atoms with Gasteiger partial charge in [0.25, 0.3) is 0 Å². The SMILES string of the molecule is COc1ccccc1CCN(C)C1CC1C(=O)O. The predicted molar refractivity (Wildman–Crippen MR) is 68.9 cm³/mol. The standard InChI is InChI=1S/C14H19NO3/c1-15(12-9-11(12)14(16)17)8-7-10-5-3-4-6-13(10)18-2/h3-6,11-12H,7-9H2,1-2H3,(H,16,17). The van der Waals surface area contributed by atoms with Crippen LogP contribution in [0.15, 0.2) is 24.3 Å². The lowest BCUT2D eigenvalue weighted by molar-refractivity contribution is -0.138. The van der Waals surface area contributed by atoms with Crippen LogP contribution in [0.3, 0.4) is 0 Å². The summed E-state index contributed by atoms with van der Waals surface area (Å²) in [6.07, 6.45) is 1.65. The third kappa shape index (κ3) is 2.82. The molecule has 1 aliphatic rings. The Labute approximate surface area is 107 Å². The van der Waals surface area contributed by atoms with Crippen LogP contribution < -0.4 is 4.74 Å². The molecule has 98 valence electrons. The highest BCUT2D eigenvalue weighted by Gasteiger charge is 2.45. The van der Waals surface area contributed by atoms with Crippen molar-refractivity contribution in [3.05, 3.63) is 29.8 Å². The van der Waals surface area contributed by atoms with Crippen LogP contribution in [-0.2, 0) is 11.2 Å². The zero-order valence-electron chi connectivity index (χ0n) is 10.8. The van der Waals surface area contributed by atoms with Gasteiger partial charge in [-0.15, -0.1) is 0 Å². The molecule has 2 rings (SSSR count). The molecule has 1 aromatic carbocycles. The average Bonchev–Trinajstić information content (AvgIpc) is 3.16. The summed E-state index contributed by atoms with van der Waals surface area (Å²) < 4.78 is 5.30. The van der Waals surface area contributed by atoms with E-state index < -0.39 is 5.97 Å². The van der Waals surface area contributed by atoms with Crippen molar-refractivity contribution in [2.24, 2.45) is 5.92 Å². The van der Waals surface area contributed by atoms with E-state index in [0.717, 1.165) is 25.1 Å². The molecule has 0 heterocycles. The highest BCUT2D eigenvalue weighted by atomic mass is 16.5. The second kappa shape index (κ2) is 5.40. The number of carboxylic acid groups (broad SMARTS) is 1. The molecule has 0 saturated heterocycles. The summed E-state index contributed by atoms with van der Waals surface area (Å²) in [7, 11) is 3.66. The molecular formula is C14H19NO3. The minimum Gasteiger partial charge on any atom is -0.496 e. The summed E-state index contributed by atoms with van der Waals surface area (Å²) in [5, 5.41) is 8.89. The van der Waals surface area contributed by atoms with Crippen molar-refractivity contribution in [3.63, 3.8) is 0 Å². The van der Waals surface area contributed by atoms with E-state index in [1.54, 1.807) is 7.11 Å². The molecule has 1 aromatic rings. The molecule has 18 heavy (non-hydrogen) atoms. The minimum absolute atomic E-state index is 0.173. The van der Waals surface area contributed by atoms with Gasteiger partial charge in [-0.3, -0.25) is 4.79 Å². The van der Waals surface area contributed by atoms with Crippen molar-refractivity contribution in [2.75, 3.05) is 20.7 Å². The number of rotatable bonds is 6. The second-order valence-electron chi connectivity index (χ2n) is 4.79. The van der Waals surface area contributed by atoms with Gasteiger partial charge < -0.3 is 14.7 Å². The quantitative estimate of drug-likeness (QED) is 0.832. The first kappa shape index (κ1) is 12.9. The summed E-state index contributed by atoms with van der Waals surface area (Å²) in [5.41, 5.74) is 1.17. The number of methoxy groups -OCH3 is 1. The Bertz CT molecular complexity index is 433.